The molecule has 1 aromatic carbocycles. The van der Waals surface area contributed by atoms with E-state index >= 15 is 0 Å². The maximum absolute atomic E-state index is 10.7. The minimum atomic E-state index is 0.124. The molecule has 1 rings (SSSR count). The van der Waals surface area contributed by atoms with Gasteiger partial charge < -0.3 is 9.53 Å². The van der Waals surface area contributed by atoms with Crippen molar-refractivity contribution in [3.05, 3.63) is 27.3 Å². The monoisotopic (exact) mass is 254 g/mol. The molecule has 0 saturated carbocycles. The van der Waals surface area contributed by atoms with Gasteiger partial charge in [-0.1, -0.05) is 18.5 Å². The van der Waals surface area contributed by atoms with E-state index in [1.54, 1.807) is 7.11 Å². The largest absolute Gasteiger partial charge is 0.496 e. The second-order valence-electron chi connectivity index (χ2n) is 4.44. The van der Waals surface area contributed by atoms with Crippen LogP contribution in [0.3, 0.4) is 0 Å². The van der Waals surface area contributed by atoms with Crippen molar-refractivity contribution >= 4 is 17.9 Å². The second-order valence-corrected chi connectivity index (χ2v) is 4.82. The molecule has 0 aromatic heterocycles. The summed E-state index contributed by atoms with van der Waals surface area (Å²) in [6.07, 6.45) is 1.42. The molecule has 0 fully saturated rings. The topological polar surface area (TPSA) is 26.3 Å². The van der Waals surface area contributed by atoms with Gasteiger partial charge in [0.2, 0.25) is 0 Å². The number of aldehydes is 1. The van der Waals surface area contributed by atoms with Crippen molar-refractivity contribution in [1.29, 1.82) is 0 Å². The quantitative estimate of drug-likeness (QED) is 0.760. The zero-order chi connectivity index (χ0) is 13.2. The molecular weight excluding hydrogens is 236 g/mol. The fraction of sp³-hybridized carbons (Fsp3) is 0.500. The van der Waals surface area contributed by atoms with Crippen LogP contribution in [0.1, 0.15) is 41.5 Å². The third kappa shape index (κ3) is 2.47. The molecule has 0 saturated heterocycles. The summed E-state index contributed by atoms with van der Waals surface area (Å²) in [4.78, 5) is 10.7. The first-order chi connectivity index (χ1) is 7.95. The summed E-state index contributed by atoms with van der Waals surface area (Å²) >= 11 is 6.32. The van der Waals surface area contributed by atoms with E-state index in [0.29, 0.717) is 6.42 Å². The molecule has 0 bridgehead atoms. The summed E-state index contributed by atoms with van der Waals surface area (Å²) in [5.41, 5.74) is 4.16. The molecule has 0 N–H and O–H groups in total. The lowest BCUT2D eigenvalue weighted by molar-refractivity contribution is -0.108. The zero-order valence-corrected chi connectivity index (χ0v) is 11.8. The minimum absolute atomic E-state index is 0.124. The Bertz CT molecular complexity index is 439. The lowest BCUT2D eigenvalue weighted by Gasteiger charge is -2.21. The maximum atomic E-state index is 10.7. The number of ether oxygens (including phenoxy) is 1. The summed E-state index contributed by atoms with van der Waals surface area (Å²) in [5.74, 6) is 0.984. The van der Waals surface area contributed by atoms with Gasteiger partial charge in [-0.05, 0) is 43.4 Å². The van der Waals surface area contributed by atoms with Gasteiger partial charge in [0.15, 0.2) is 0 Å². The third-order valence-corrected chi connectivity index (χ3v) is 3.92. The lowest BCUT2D eigenvalue weighted by Crippen LogP contribution is -2.05. The molecule has 2 nitrogen and oxygen atoms in total. The first-order valence-corrected chi connectivity index (χ1v) is 6.10. The van der Waals surface area contributed by atoms with Gasteiger partial charge in [-0.25, -0.2) is 0 Å². The van der Waals surface area contributed by atoms with Crippen LogP contribution in [0.25, 0.3) is 0 Å². The number of rotatable bonds is 4. The Hall–Kier alpha value is -1.02. The number of methoxy groups -OCH3 is 1. The number of carbonyl (C=O) groups is 1. The van der Waals surface area contributed by atoms with Gasteiger partial charge in [0.05, 0.1) is 7.11 Å². The first-order valence-electron chi connectivity index (χ1n) is 5.72. The van der Waals surface area contributed by atoms with Gasteiger partial charge in [-0.15, -0.1) is 0 Å². The normalized spacial score (nSPS) is 12.4. The molecule has 0 amide bonds. The standard InChI is InChI=1S/C14H19ClO2/c1-8(6-7-16)12-11(4)13(15)9(2)10(3)14(12)17-5/h7-8H,6H2,1-5H3. The van der Waals surface area contributed by atoms with Crippen LogP contribution < -0.4 is 4.74 Å². The van der Waals surface area contributed by atoms with Crippen molar-refractivity contribution in [2.45, 2.75) is 40.0 Å². The van der Waals surface area contributed by atoms with Crippen LogP contribution in [0.15, 0.2) is 0 Å². The van der Waals surface area contributed by atoms with Gasteiger partial charge in [0, 0.05) is 17.0 Å². The number of hydrogen-bond acceptors (Lipinski definition) is 2. The van der Waals surface area contributed by atoms with Crippen LogP contribution in [0.2, 0.25) is 5.02 Å². The Balaban J connectivity index is 3.51. The van der Waals surface area contributed by atoms with Crippen molar-refractivity contribution in [3.8, 4) is 5.75 Å². The Morgan fingerprint density at radius 2 is 1.82 bits per heavy atom. The van der Waals surface area contributed by atoms with Crippen LogP contribution in [-0.2, 0) is 4.79 Å². The summed E-state index contributed by atoms with van der Waals surface area (Å²) in [7, 11) is 1.66. The van der Waals surface area contributed by atoms with E-state index in [1.165, 1.54) is 0 Å². The molecule has 0 spiro atoms. The molecule has 1 atom stereocenters. The maximum Gasteiger partial charge on any atom is 0.125 e. The Morgan fingerprint density at radius 1 is 1.24 bits per heavy atom. The van der Waals surface area contributed by atoms with Crippen LogP contribution in [-0.4, -0.2) is 13.4 Å². The Kier molecular flexibility index (Phi) is 4.58. The van der Waals surface area contributed by atoms with Crippen molar-refractivity contribution in [1.82, 2.24) is 0 Å². The summed E-state index contributed by atoms with van der Waals surface area (Å²) in [6.45, 7) is 7.98. The molecule has 0 aliphatic rings. The smallest absolute Gasteiger partial charge is 0.125 e. The molecule has 17 heavy (non-hydrogen) atoms. The van der Waals surface area contributed by atoms with Crippen molar-refractivity contribution in [3.63, 3.8) is 0 Å². The Labute approximate surface area is 108 Å². The summed E-state index contributed by atoms with van der Waals surface area (Å²) in [6, 6.07) is 0. The predicted octanol–water partition coefficient (Wildman–Crippen LogP) is 3.97. The lowest BCUT2D eigenvalue weighted by atomic mass is 9.89. The van der Waals surface area contributed by atoms with Crippen LogP contribution in [0.4, 0.5) is 0 Å². The van der Waals surface area contributed by atoms with Gasteiger partial charge in [0.25, 0.3) is 0 Å². The van der Waals surface area contributed by atoms with E-state index in [0.717, 1.165) is 39.3 Å². The van der Waals surface area contributed by atoms with E-state index in [1.807, 2.05) is 27.7 Å². The van der Waals surface area contributed by atoms with Crippen molar-refractivity contribution in [2.75, 3.05) is 7.11 Å². The average Bonchev–Trinajstić information content (AvgIpc) is 2.31. The number of halogens is 1. The number of carbonyl (C=O) groups excluding carboxylic acids is 1. The fourth-order valence-corrected chi connectivity index (χ4v) is 2.47. The first kappa shape index (κ1) is 14.0. The highest BCUT2D eigenvalue weighted by molar-refractivity contribution is 6.32. The highest BCUT2D eigenvalue weighted by Gasteiger charge is 2.20. The van der Waals surface area contributed by atoms with Crippen LogP contribution >= 0.6 is 11.6 Å². The SMILES string of the molecule is COc1c(C)c(C)c(Cl)c(C)c1C(C)CC=O. The summed E-state index contributed by atoms with van der Waals surface area (Å²) < 4.78 is 5.49. The number of hydrogen-bond donors (Lipinski definition) is 0. The molecule has 0 heterocycles. The van der Waals surface area contributed by atoms with Crippen LogP contribution in [0.5, 0.6) is 5.75 Å². The van der Waals surface area contributed by atoms with Crippen molar-refractivity contribution < 1.29 is 9.53 Å². The molecule has 0 aliphatic carbocycles. The minimum Gasteiger partial charge on any atom is -0.496 e. The highest BCUT2D eigenvalue weighted by Crippen LogP contribution is 2.40. The molecule has 0 aliphatic heterocycles. The van der Waals surface area contributed by atoms with Crippen molar-refractivity contribution in [2.24, 2.45) is 0 Å². The third-order valence-electron chi connectivity index (χ3n) is 3.36. The van der Waals surface area contributed by atoms with E-state index in [-0.39, 0.29) is 5.92 Å². The van der Waals surface area contributed by atoms with E-state index in [4.69, 9.17) is 16.3 Å². The van der Waals surface area contributed by atoms with Gasteiger partial charge >= 0.3 is 0 Å². The van der Waals surface area contributed by atoms with E-state index in [2.05, 4.69) is 0 Å². The molecule has 3 heteroatoms. The Morgan fingerprint density at radius 3 is 2.29 bits per heavy atom. The highest BCUT2D eigenvalue weighted by atomic mass is 35.5. The fourth-order valence-electron chi connectivity index (χ4n) is 2.23. The van der Waals surface area contributed by atoms with E-state index < -0.39 is 0 Å². The van der Waals surface area contributed by atoms with Gasteiger partial charge in [-0.3, -0.25) is 0 Å². The average molecular weight is 255 g/mol. The number of benzene rings is 1. The predicted molar refractivity (Wildman–Crippen MR) is 71.3 cm³/mol. The molecular formula is C14H19ClO2. The van der Waals surface area contributed by atoms with E-state index in [9.17, 15) is 4.79 Å². The van der Waals surface area contributed by atoms with Gasteiger partial charge in [-0.2, -0.15) is 0 Å². The zero-order valence-electron chi connectivity index (χ0n) is 11.1. The second kappa shape index (κ2) is 5.54. The molecule has 94 valence electrons. The molecule has 0 radical (unpaired) electrons. The molecule has 1 aromatic rings. The molecule has 1 unspecified atom stereocenters. The van der Waals surface area contributed by atoms with Crippen LogP contribution in [0, 0.1) is 20.8 Å². The van der Waals surface area contributed by atoms with Gasteiger partial charge in [0.1, 0.15) is 12.0 Å². The summed E-state index contributed by atoms with van der Waals surface area (Å²) in [5, 5.41) is 0.774.